The summed E-state index contributed by atoms with van der Waals surface area (Å²) >= 11 is 6.46. The largest absolute Gasteiger partial charge is 0.508 e. The van der Waals surface area contributed by atoms with Gasteiger partial charge in [0.05, 0.1) is 11.0 Å². The molecular formula is C19H17ClN2O3. The lowest BCUT2D eigenvalue weighted by Crippen LogP contribution is -2.30. The quantitative estimate of drug-likeness (QED) is 0.446. The lowest BCUT2D eigenvalue weighted by Gasteiger charge is -2.38. The van der Waals surface area contributed by atoms with Crippen LogP contribution in [-0.4, -0.2) is 10.0 Å². The van der Waals surface area contributed by atoms with E-state index in [1.807, 2.05) is 19.1 Å². The normalized spacial score (nSPS) is 23.7. The number of benzene rings is 2. The number of phenolic OH excluding ortho intramolecular Hbond substituents is 1. The van der Waals surface area contributed by atoms with Crippen LogP contribution in [0.25, 0.3) is 0 Å². The van der Waals surface area contributed by atoms with Gasteiger partial charge in [-0.3, -0.25) is 10.1 Å². The molecule has 0 bridgehead atoms. The van der Waals surface area contributed by atoms with Crippen LogP contribution in [-0.2, 0) is 0 Å². The third-order valence-corrected chi connectivity index (χ3v) is 5.56. The summed E-state index contributed by atoms with van der Waals surface area (Å²) in [6.45, 7) is 2.01. The molecule has 0 radical (unpaired) electrons. The van der Waals surface area contributed by atoms with Crippen LogP contribution in [0.3, 0.4) is 0 Å². The van der Waals surface area contributed by atoms with Gasteiger partial charge in [-0.1, -0.05) is 29.8 Å². The smallest absolute Gasteiger partial charge is 0.270 e. The highest BCUT2D eigenvalue weighted by atomic mass is 35.5. The molecule has 4 rings (SSSR count). The van der Waals surface area contributed by atoms with E-state index in [2.05, 4.69) is 17.5 Å². The Labute approximate surface area is 150 Å². The summed E-state index contributed by atoms with van der Waals surface area (Å²) in [6, 6.07) is 7.83. The van der Waals surface area contributed by atoms with E-state index in [9.17, 15) is 15.2 Å². The minimum atomic E-state index is -0.438. The SMILES string of the molecule is Cc1ccc(Cl)c2c1NC(c1cc([N+](=O)[O-])ccc1O)C1CC=CC21. The van der Waals surface area contributed by atoms with Crippen molar-refractivity contribution in [1.82, 2.24) is 0 Å². The Bertz CT molecular complexity index is 910. The Kier molecular flexibility index (Phi) is 3.69. The highest BCUT2D eigenvalue weighted by Gasteiger charge is 2.40. The van der Waals surface area contributed by atoms with Crippen molar-refractivity contribution in [1.29, 1.82) is 0 Å². The number of nitro benzene ring substituents is 1. The van der Waals surface area contributed by atoms with E-state index >= 15 is 0 Å². The first-order valence-corrected chi connectivity index (χ1v) is 8.54. The molecule has 3 atom stereocenters. The minimum Gasteiger partial charge on any atom is -0.508 e. The van der Waals surface area contributed by atoms with E-state index in [0.29, 0.717) is 5.56 Å². The van der Waals surface area contributed by atoms with Gasteiger partial charge in [0, 0.05) is 39.9 Å². The van der Waals surface area contributed by atoms with Crippen molar-refractivity contribution < 1.29 is 10.0 Å². The second kappa shape index (κ2) is 5.77. The molecular weight excluding hydrogens is 340 g/mol. The molecule has 0 saturated carbocycles. The molecule has 128 valence electrons. The average molecular weight is 357 g/mol. The summed E-state index contributed by atoms with van der Waals surface area (Å²) < 4.78 is 0. The Morgan fingerprint density at radius 1 is 1.32 bits per heavy atom. The Morgan fingerprint density at radius 2 is 2.12 bits per heavy atom. The summed E-state index contributed by atoms with van der Waals surface area (Å²) in [6.07, 6.45) is 5.09. The monoisotopic (exact) mass is 356 g/mol. The number of aromatic hydroxyl groups is 1. The maximum atomic E-state index is 11.1. The maximum absolute atomic E-state index is 11.1. The van der Waals surface area contributed by atoms with E-state index in [4.69, 9.17) is 11.6 Å². The molecule has 0 spiro atoms. The highest BCUT2D eigenvalue weighted by Crippen LogP contribution is 2.53. The van der Waals surface area contributed by atoms with Gasteiger partial charge in [-0.15, -0.1) is 0 Å². The molecule has 0 amide bonds. The summed E-state index contributed by atoms with van der Waals surface area (Å²) in [5.41, 5.74) is 3.62. The second-order valence-electron chi connectivity index (χ2n) is 6.63. The second-order valence-corrected chi connectivity index (χ2v) is 7.04. The van der Waals surface area contributed by atoms with Crippen LogP contribution in [0.15, 0.2) is 42.5 Å². The number of allylic oxidation sites excluding steroid dienone is 2. The number of nitrogens with zero attached hydrogens (tertiary/aromatic N) is 1. The lowest BCUT2D eigenvalue weighted by molar-refractivity contribution is -0.385. The fraction of sp³-hybridized carbons (Fsp3) is 0.263. The third kappa shape index (κ3) is 2.46. The van der Waals surface area contributed by atoms with E-state index < -0.39 is 4.92 Å². The van der Waals surface area contributed by atoms with Crippen LogP contribution < -0.4 is 5.32 Å². The van der Waals surface area contributed by atoms with Crippen LogP contribution in [0.5, 0.6) is 5.75 Å². The zero-order valence-corrected chi connectivity index (χ0v) is 14.3. The molecule has 5 nitrogen and oxygen atoms in total. The Balaban J connectivity index is 1.87. The fourth-order valence-electron chi connectivity index (χ4n) is 4.02. The van der Waals surface area contributed by atoms with Crippen molar-refractivity contribution in [3.8, 4) is 5.75 Å². The molecule has 1 aliphatic heterocycles. The molecule has 3 unspecified atom stereocenters. The third-order valence-electron chi connectivity index (χ3n) is 5.23. The van der Waals surface area contributed by atoms with E-state index in [-0.39, 0.29) is 29.3 Å². The van der Waals surface area contributed by atoms with Gasteiger partial charge < -0.3 is 10.4 Å². The van der Waals surface area contributed by atoms with Gasteiger partial charge in [0.1, 0.15) is 5.75 Å². The van der Waals surface area contributed by atoms with Crippen molar-refractivity contribution in [2.75, 3.05) is 5.32 Å². The van der Waals surface area contributed by atoms with Gasteiger partial charge in [0.25, 0.3) is 5.69 Å². The number of fused-ring (bicyclic) bond motifs is 3. The number of anilines is 1. The molecule has 0 saturated heterocycles. The standard InChI is InChI=1S/C19H17ClN2O3/c1-10-5-7-15(20)17-12-3-2-4-13(12)19(21-18(10)17)14-9-11(22(24)25)6-8-16(14)23/h2-3,5-9,12-13,19,21,23H,4H2,1H3. The molecule has 25 heavy (non-hydrogen) atoms. The first kappa shape index (κ1) is 16.0. The minimum absolute atomic E-state index is 0.0225. The van der Waals surface area contributed by atoms with Crippen molar-refractivity contribution in [2.45, 2.75) is 25.3 Å². The first-order valence-electron chi connectivity index (χ1n) is 8.17. The van der Waals surface area contributed by atoms with Gasteiger partial charge in [-0.05, 0) is 37.0 Å². The molecule has 6 heteroatoms. The average Bonchev–Trinajstić information content (AvgIpc) is 3.07. The number of nitrogens with one attached hydrogen (secondary N) is 1. The van der Waals surface area contributed by atoms with Gasteiger partial charge >= 0.3 is 0 Å². The van der Waals surface area contributed by atoms with Gasteiger partial charge in [-0.25, -0.2) is 0 Å². The number of phenols is 1. The summed E-state index contributed by atoms with van der Waals surface area (Å²) in [4.78, 5) is 10.7. The van der Waals surface area contributed by atoms with Crippen LogP contribution in [0.4, 0.5) is 11.4 Å². The number of aryl methyl sites for hydroxylation is 1. The van der Waals surface area contributed by atoms with Crippen LogP contribution in [0, 0.1) is 23.0 Å². The summed E-state index contributed by atoms with van der Waals surface area (Å²) in [5, 5.41) is 25.7. The van der Waals surface area contributed by atoms with Gasteiger partial charge in [0.2, 0.25) is 0 Å². The highest BCUT2D eigenvalue weighted by molar-refractivity contribution is 6.32. The molecule has 2 N–H and O–H groups in total. The molecule has 2 aliphatic rings. The molecule has 1 heterocycles. The topological polar surface area (TPSA) is 75.4 Å². The van der Waals surface area contributed by atoms with Crippen molar-refractivity contribution in [3.63, 3.8) is 0 Å². The molecule has 2 aromatic rings. The number of hydrogen-bond donors (Lipinski definition) is 2. The van der Waals surface area contributed by atoms with Gasteiger partial charge in [0.15, 0.2) is 0 Å². The summed E-state index contributed by atoms with van der Waals surface area (Å²) in [7, 11) is 0. The maximum Gasteiger partial charge on any atom is 0.270 e. The predicted molar refractivity (Wildman–Crippen MR) is 97.3 cm³/mol. The fourth-order valence-corrected chi connectivity index (χ4v) is 4.30. The number of non-ortho nitro benzene ring substituents is 1. The Hall–Kier alpha value is -2.53. The van der Waals surface area contributed by atoms with Crippen LogP contribution in [0.2, 0.25) is 5.02 Å². The lowest BCUT2D eigenvalue weighted by atomic mass is 9.76. The van der Waals surface area contributed by atoms with E-state index in [1.165, 1.54) is 18.2 Å². The molecule has 0 aromatic heterocycles. The zero-order chi connectivity index (χ0) is 17.7. The number of halogens is 1. The predicted octanol–water partition coefficient (Wildman–Crippen LogP) is 5.09. The first-order chi connectivity index (χ1) is 12.0. The number of nitro groups is 1. The van der Waals surface area contributed by atoms with E-state index in [0.717, 1.165) is 28.3 Å². The summed E-state index contributed by atoms with van der Waals surface area (Å²) in [5.74, 6) is 0.351. The van der Waals surface area contributed by atoms with Gasteiger partial charge in [-0.2, -0.15) is 0 Å². The molecule has 0 fully saturated rings. The zero-order valence-electron chi connectivity index (χ0n) is 13.6. The van der Waals surface area contributed by atoms with Crippen LogP contribution in [0.1, 0.15) is 35.1 Å². The molecule has 2 aromatic carbocycles. The Morgan fingerprint density at radius 3 is 2.88 bits per heavy atom. The van der Waals surface area contributed by atoms with E-state index in [1.54, 1.807) is 0 Å². The number of hydrogen-bond acceptors (Lipinski definition) is 4. The van der Waals surface area contributed by atoms with Crippen molar-refractivity contribution >= 4 is 23.0 Å². The molecule has 1 aliphatic carbocycles. The van der Waals surface area contributed by atoms with Crippen LogP contribution >= 0.6 is 11.6 Å². The number of rotatable bonds is 2. The van der Waals surface area contributed by atoms with Crippen molar-refractivity contribution in [3.05, 3.63) is 74.3 Å². The van der Waals surface area contributed by atoms with Crippen molar-refractivity contribution in [2.24, 2.45) is 5.92 Å².